The molecule has 1 aromatic heterocycles. The Morgan fingerprint density at radius 1 is 1.80 bits per heavy atom. The van der Waals surface area contributed by atoms with Crippen LogP contribution in [0.4, 0.5) is 0 Å². The van der Waals surface area contributed by atoms with E-state index in [2.05, 4.69) is 4.98 Å². The van der Waals surface area contributed by atoms with Gasteiger partial charge in [0.15, 0.2) is 5.78 Å². The molecule has 2 nitrogen and oxygen atoms in total. The second-order valence-corrected chi connectivity index (χ2v) is 3.09. The van der Waals surface area contributed by atoms with E-state index in [-0.39, 0.29) is 5.78 Å². The summed E-state index contributed by atoms with van der Waals surface area (Å²) < 4.78 is 0. The van der Waals surface area contributed by atoms with Crippen molar-refractivity contribution in [2.45, 2.75) is 20.3 Å². The Balaban J connectivity index is 2.85. The first-order chi connectivity index (χ1) is 4.74. The highest BCUT2D eigenvalue weighted by atomic mass is 32.1. The van der Waals surface area contributed by atoms with Crippen molar-refractivity contribution in [1.82, 2.24) is 4.98 Å². The summed E-state index contributed by atoms with van der Waals surface area (Å²) in [6, 6.07) is 0. The van der Waals surface area contributed by atoms with E-state index in [1.54, 1.807) is 5.38 Å². The lowest BCUT2D eigenvalue weighted by Gasteiger charge is -1.86. The number of hydrogen-bond acceptors (Lipinski definition) is 3. The SMILES string of the molecule is CCC(=O)c1csc(C)n1. The van der Waals surface area contributed by atoms with E-state index >= 15 is 0 Å². The highest BCUT2D eigenvalue weighted by Gasteiger charge is 2.04. The van der Waals surface area contributed by atoms with Gasteiger partial charge in [-0.25, -0.2) is 4.98 Å². The molecule has 0 bridgehead atoms. The summed E-state index contributed by atoms with van der Waals surface area (Å²) in [6.45, 7) is 3.74. The molecule has 0 atom stereocenters. The van der Waals surface area contributed by atoms with Crippen molar-refractivity contribution in [2.24, 2.45) is 0 Å². The number of Topliss-reactive ketones (excluding diaryl/α,β-unsaturated/α-hetero) is 1. The molecule has 10 heavy (non-hydrogen) atoms. The second kappa shape index (κ2) is 2.92. The molecule has 3 heteroatoms. The van der Waals surface area contributed by atoms with Crippen LogP contribution in [0, 0.1) is 6.92 Å². The van der Waals surface area contributed by atoms with E-state index in [0.29, 0.717) is 12.1 Å². The lowest BCUT2D eigenvalue weighted by Crippen LogP contribution is -1.95. The monoisotopic (exact) mass is 155 g/mol. The van der Waals surface area contributed by atoms with Gasteiger partial charge in [0.1, 0.15) is 5.69 Å². The minimum atomic E-state index is 0.129. The van der Waals surface area contributed by atoms with Crippen LogP contribution in [0.25, 0.3) is 0 Å². The van der Waals surface area contributed by atoms with E-state index in [4.69, 9.17) is 0 Å². The molecule has 0 spiro atoms. The number of nitrogens with zero attached hydrogens (tertiary/aromatic N) is 1. The summed E-state index contributed by atoms with van der Waals surface area (Å²) in [5, 5.41) is 2.76. The standard InChI is InChI=1S/C7H9NOS/c1-3-7(9)6-4-10-5(2)8-6/h4H,3H2,1-2H3. The van der Waals surface area contributed by atoms with Crippen LogP contribution in [-0.4, -0.2) is 10.8 Å². The third kappa shape index (κ3) is 1.42. The molecule has 0 amide bonds. The predicted octanol–water partition coefficient (Wildman–Crippen LogP) is 2.04. The van der Waals surface area contributed by atoms with Crippen LogP contribution in [0.3, 0.4) is 0 Å². The Morgan fingerprint density at radius 2 is 2.50 bits per heavy atom. The summed E-state index contributed by atoms with van der Waals surface area (Å²) in [5.74, 6) is 0.129. The van der Waals surface area contributed by atoms with Crippen LogP contribution < -0.4 is 0 Å². The Hall–Kier alpha value is -0.700. The minimum Gasteiger partial charge on any atom is -0.292 e. The van der Waals surface area contributed by atoms with Gasteiger partial charge in [0.05, 0.1) is 5.01 Å². The maximum absolute atomic E-state index is 11.0. The lowest BCUT2D eigenvalue weighted by atomic mass is 10.2. The predicted molar refractivity (Wildman–Crippen MR) is 41.5 cm³/mol. The van der Waals surface area contributed by atoms with Gasteiger partial charge in [0, 0.05) is 11.8 Å². The van der Waals surface area contributed by atoms with Crippen molar-refractivity contribution in [1.29, 1.82) is 0 Å². The number of carbonyl (C=O) groups is 1. The van der Waals surface area contributed by atoms with Gasteiger partial charge < -0.3 is 0 Å². The zero-order chi connectivity index (χ0) is 7.56. The quantitative estimate of drug-likeness (QED) is 0.612. The van der Waals surface area contributed by atoms with Crippen LogP contribution in [0.1, 0.15) is 28.8 Å². The topological polar surface area (TPSA) is 30.0 Å². The first kappa shape index (κ1) is 7.41. The summed E-state index contributed by atoms with van der Waals surface area (Å²) >= 11 is 1.52. The highest BCUT2D eigenvalue weighted by Crippen LogP contribution is 2.09. The largest absolute Gasteiger partial charge is 0.292 e. The van der Waals surface area contributed by atoms with E-state index in [9.17, 15) is 4.79 Å². The number of aryl methyl sites for hydroxylation is 1. The van der Waals surface area contributed by atoms with Crippen LogP contribution >= 0.6 is 11.3 Å². The average Bonchev–Trinajstić information content (AvgIpc) is 2.34. The Bertz CT molecular complexity index is 242. The average molecular weight is 155 g/mol. The fourth-order valence-corrected chi connectivity index (χ4v) is 1.29. The van der Waals surface area contributed by atoms with Crippen molar-refractivity contribution in [2.75, 3.05) is 0 Å². The van der Waals surface area contributed by atoms with Crippen LogP contribution in [-0.2, 0) is 0 Å². The molecule has 0 unspecified atom stereocenters. The fraction of sp³-hybridized carbons (Fsp3) is 0.429. The molecular formula is C7H9NOS. The van der Waals surface area contributed by atoms with E-state index in [1.165, 1.54) is 11.3 Å². The molecule has 0 aliphatic carbocycles. The van der Waals surface area contributed by atoms with Gasteiger partial charge >= 0.3 is 0 Å². The van der Waals surface area contributed by atoms with Gasteiger partial charge in [0.25, 0.3) is 0 Å². The number of carbonyl (C=O) groups excluding carboxylic acids is 1. The van der Waals surface area contributed by atoms with Gasteiger partial charge in [-0.2, -0.15) is 0 Å². The van der Waals surface area contributed by atoms with E-state index in [1.807, 2.05) is 13.8 Å². The number of rotatable bonds is 2. The van der Waals surface area contributed by atoms with Crippen LogP contribution in [0.2, 0.25) is 0 Å². The molecule has 0 radical (unpaired) electrons. The maximum Gasteiger partial charge on any atom is 0.181 e. The van der Waals surface area contributed by atoms with Crippen molar-refractivity contribution in [3.8, 4) is 0 Å². The zero-order valence-corrected chi connectivity index (χ0v) is 6.86. The molecule has 0 aliphatic heterocycles. The van der Waals surface area contributed by atoms with E-state index < -0.39 is 0 Å². The molecule has 0 saturated heterocycles. The van der Waals surface area contributed by atoms with Crippen molar-refractivity contribution >= 4 is 17.1 Å². The molecule has 0 aliphatic rings. The van der Waals surface area contributed by atoms with Gasteiger partial charge in [0.2, 0.25) is 0 Å². The molecule has 0 fully saturated rings. The molecule has 0 aromatic carbocycles. The number of ketones is 1. The van der Waals surface area contributed by atoms with Gasteiger partial charge in [-0.15, -0.1) is 11.3 Å². The van der Waals surface area contributed by atoms with Crippen molar-refractivity contribution in [3.63, 3.8) is 0 Å². The van der Waals surface area contributed by atoms with Crippen molar-refractivity contribution < 1.29 is 4.79 Å². The lowest BCUT2D eigenvalue weighted by molar-refractivity contribution is 0.0984. The van der Waals surface area contributed by atoms with E-state index in [0.717, 1.165) is 5.01 Å². The molecule has 0 saturated carbocycles. The smallest absolute Gasteiger partial charge is 0.181 e. The zero-order valence-electron chi connectivity index (χ0n) is 6.05. The summed E-state index contributed by atoms with van der Waals surface area (Å²) in [7, 11) is 0. The summed E-state index contributed by atoms with van der Waals surface area (Å²) in [4.78, 5) is 15.0. The Kier molecular flexibility index (Phi) is 2.17. The third-order valence-electron chi connectivity index (χ3n) is 1.23. The minimum absolute atomic E-state index is 0.129. The molecule has 1 heterocycles. The number of aromatic nitrogens is 1. The van der Waals surface area contributed by atoms with Crippen LogP contribution in [0.5, 0.6) is 0 Å². The van der Waals surface area contributed by atoms with Gasteiger partial charge in [-0.05, 0) is 6.92 Å². The summed E-state index contributed by atoms with van der Waals surface area (Å²) in [6.07, 6.45) is 0.545. The maximum atomic E-state index is 11.0. The molecule has 1 aromatic rings. The first-order valence-electron chi connectivity index (χ1n) is 3.19. The highest BCUT2D eigenvalue weighted by molar-refractivity contribution is 7.09. The van der Waals surface area contributed by atoms with Crippen LogP contribution in [0.15, 0.2) is 5.38 Å². The molecule has 1 rings (SSSR count). The Labute approximate surface area is 63.9 Å². The fourth-order valence-electron chi connectivity index (χ4n) is 0.673. The molecule has 54 valence electrons. The molecular weight excluding hydrogens is 146 g/mol. The first-order valence-corrected chi connectivity index (χ1v) is 4.07. The van der Waals surface area contributed by atoms with Gasteiger partial charge in [-0.1, -0.05) is 6.92 Å². The summed E-state index contributed by atoms with van der Waals surface area (Å²) in [5.41, 5.74) is 0.616. The van der Waals surface area contributed by atoms with Gasteiger partial charge in [-0.3, -0.25) is 4.79 Å². The number of hydrogen-bond donors (Lipinski definition) is 0. The normalized spacial score (nSPS) is 9.80. The second-order valence-electron chi connectivity index (χ2n) is 2.03. The Morgan fingerprint density at radius 3 is 2.90 bits per heavy atom. The third-order valence-corrected chi connectivity index (χ3v) is 2.00. The molecule has 0 N–H and O–H groups in total. The number of thiazole rings is 1. The van der Waals surface area contributed by atoms with Crippen molar-refractivity contribution in [3.05, 3.63) is 16.1 Å².